The smallest absolute Gasteiger partial charge is 0.0767 e. The monoisotopic (exact) mass is 293 g/mol. The molecule has 2 aromatic heterocycles. The van der Waals surface area contributed by atoms with Crippen molar-refractivity contribution in [1.29, 1.82) is 0 Å². The summed E-state index contributed by atoms with van der Waals surface area (Å²) in [7, 11) is 0. The van der Waals surface area contributed by atoms with Crippen LogP contribution < -0.4 is 5.32 Å². The fraction of sp³-hybridized carbons (Fsp3) is 0.500. The first-order chi connectivity index (χ1) is 9.02. The Morgan fingerprint density at radius 3 is 2.26 bits per heavy atom. The average Bonchev–Trinajstić information content (AvgIpc) is 2.84. The van der Waals surface area contributed by atoms with Gasteiger partial charge in [-0.3, -0.25) is 0 Å². The third-order valence-electron chi connectivity index (χ3n) is 3.41. The van der Waals surface area contributed by atoms with E-state index in [-0.39, 0.29) is 0 Å². The van der Waals surface area contributed by atoms with Crippen molar-refractivity contribution in [1.82, 2.24) is 5.32 Å². The lowest BCUT2D eigenvalue weighted by Gasteiger charge is -2.17. The summed E-state index contributed by atoms with van der Waals surface area (Å²) in [5.41, 5.74) is 2.83. The molecule has 0 spiro atoms. The van der Waals surface area contributed by atoms with Crippen LogP contribution in [0.5, 0.6) is 0 Å². The zero-order chi connectivity index (χ0) is 14.0. The van der Waals surface area contributed by atoms with Crippen molar-refractivity contribution in [2.75, 3.05) is 6.54 Å². The van der Waals surface area contributed by atoms with E-state index >= 15 is 0 Å². The van der Waals surface area contributed by atoms with Crippen molar-refractivity contribution >= 4 is 22.7 Å². The average molecular weight is 294 g/mol. The van der Waals surface area contributed by atoms with Crippen LogP contribution in [0.15, 0.2) is 12.1 Å². The Labute approximate surface area is 124 Å². The van der Waals surface area contributed by atoms with Crippen molar-refractivity contribution in [3.05, 3.63) is 42.8 Å². The molecular formula is C16H23NS2. The van der Waals surface area contributed by atoms with Gasteiger partial charge >= 0.3 is 0 Å². The maximum Gasteiger partial charge on any atom is 0.0767 e. The third kappa shape index (κ3) is 3.28. The Balaban J connectivity index is 2.38. The molecule has 1 unspecified atom stereocenters. The lowest BCUT2D eigenvalue weighted by atomic mass is 10.1. The second-order valence-electron chi connectivity index (χ2n) is 5.18. The molecule has 0 aromatic carbocycles. The summed E-state index contributed by atoms with van der Waals surface area (Å²) >= 11 is 3.86. The van der Waals surface area contributed by atoms with E-state index in [2.05, 4.69) is 52.1 Å². The molecular weight excluding hydrogens is 270 g/mol. The largest absolute Gasteiger partial charge is 0.305 e. The van der Waals surface area contributed by atoms with Crippen molar-refractivity contribution in [3.8, 4) is 0 Å². The molecule has 1 atom stereocenters. The molecule has 2 heterocycles. The SMILES string of the molecule is CCCNC(c1cc(C)c(C)s1)c1sc(C)cc1C. The van der Waals surface area contributed by atoms with Crippen LogP contribution in [0.4, 0.5) is 0 Å². The molecule has 0 aliphatic heterocycles. The molecule has 2 rings (SSSR count). The Kier molecular flexibility index (Phi) is 4.82. The fourth-order valence-corrected chi connectivity index (χ4v) is 4.63. The topological polar surface area (TPSA) is 12.0 Å². The molecule has 0 fully saturated rings. The number of aryl methyl sites for hydroxylation is 4. The maximum atomic E-state index is 3.72. The summed E-state index contributed by atoms with van der Waals surface area (Å²) in [5.74, 6) is 0. The van der Waals surface area contributed by atoms with Crippen molar-refractivity contribution in [2.45, 2.75) is 47.1 Å². The standard InChI is InChI=1S/C16H23NS2/c1-6-7-17-15(14-9-10(2)13(5)19-14)16-11(3)8-12(4)18-16/h8-9,15,17H,6-7H2,1-5H3. The first-order valence-electron chi connectivity index (χ1n) is 6.90. The summed E-state index contributed by atoms with van der Waals surface area (Å²) in [6.45, 7) is 12.1. The highest BCUT2D eigenvalue weighted by atomic mass is 32.1. The maximum absolute atomic E-state index is 3.72. The summed E-state index contributed by atoms with van der Waals surface area (Å²) in [5, 5.41) is 3.72. The predicted octanol–water partition coefficient (Wildman–Crippen LogP) is 5.13. The van der Waals surface area contributed by atoms with Crippen LogP contribution in [-0.4, -0.2) is 6.54 Å². The molecule has 104 valence electrons. The van der Waals surface area contributed by atoms with Gasteiger partial charge in [0.05, 0.1) is 6.04 Å². The molecule has 3 heteroatoms. The first-order valence-corrected chi connectivity index (χ1v) is 8.53. The van der Waals surface area contributed by atoms with E-state index in [0.29, 0.717) is 6.04 Å². The lowest BCUT2D eigenvalue weighted by Crippen LogP contribution is -2.22. The van der Waals surface area contributed by atoms with Gasteiger partial charge < -0.3 is 5.32 Å². The molecule has 0 bridgehead atoms. The van der Waals surface area contributed by atoms with Gasteiger partial charge in [-0.2, -0.15) is 0 Å². The summed E-state index contributed by atoms with van der Waals surface area (Å²) in [6, 6.07) is 5.02. The molecule has 1 nitrogen and oxygen atoms in total. The van der Waals surface area contributed by atoms with Crippen LogP contribution >= 0.6 is 22.7 Å². The first kappa shape index (κ1) is 14.8. The van der Waals surface area contributed by atoms with Crippen molar-refractivity contribution < 1.29 is 0 Å². The summed E-state index contributed by atoms with van der Waals surface area (Å²) < 4.78 is 0. The molecule has 0 amide bonds. The number of rotatable bonds is 5. The Hall–Kier alpha value is -0.640. The molecule has 1 N–H and O–H groups in total. The fourth-order valence-electron chi connectivity index (χ4n) is 2.30. The van der Waals surface area contributed by atoms with E-state index in [1.54, 1.807) is 0 Å². The van der Waals surface area contributed by atoms with Gasteiger partial charge in [0, 0.05) is 19.5 Å². The number of nitrogens with one attached hydrogen (secondary N) is 1. The van der Waals surface area contributed by atoms with E-state index in [1.807, 2.05) is 22.7 Å². The van der Waals surface area contributed by atoms with Crippen LogP contribution in [0.25, 0.3) is 0 Å². The van der Waals surface area contributed by atoms with Crippen LogP contribution in [0.3, 0.4) is 0 Å². The van der Waals surface area contributed by atoms with Crippen molar-refractivity contribution in [2.24, 2.45) is 0 Å². The molecule has 19 heavy (non-hydrogen) atoms. The van der Waals surface area contributed by atoms with Crippen molar-refractivity contribution in [3.63, 3.8) is 0 Å². The highest BCUT2D eigenvalue weighted by Crippen LogP contribution is 2.36. The zero-order valence-electron chi connectivity index (χ0n) is 12.5. The van der Waals surface area contributed by atoms with Gasteiger partial charge in [-0.25, -0.2) is 0 Å². The highest BCUT2D eigenvalue weighted by Gasteiger charge is 2.20. The predicted molar refractivity (Wildman–Crippen MR) is 87.7 cm³/mol. The second kappa shape index (κ2) is 6.21. The number of hydrogen-bond acceptors (Lipinski definition) is 3. The van der Waals surface area contributed by atoms with Crippen LogP contribution in [0.1, 0.15) is 50.0 Å². The van der Waals surface area contributed by atoms with Crippen LogP contribution in [0.2, 0.25) is 0 Å². The summed E-state index contributed by atoms with van der Waals surface area (Å²) in [6.07, 6.45) is 1.17. The van der Waals surface area contributed by atoms with E-state index in [9.17, 15) is 0 Å². The molecule has 0 aliphatic rings. The van der Waals surface area contributed by atoms with E-state index in [4.69, 9.17) is 0 Å². The Bertz CT molecular complexity index is 532. The zero-order valence-corrected chi connectivity index (χ0v) is 14.1. The molecule has 0 radical (unpaired) electrons. The minimum Gasteiger partial charge on any atom is -0.305 e. The normalized spacial score (nSPS) is 12.9. The quantitative estimate of drug-likeness (QED) is 0.805. The van der Waals surface area contributed by atoms with Gasteiger partial charge in [-0.1, -0.05) is 6.92 Å². The molecule has 0 saturated heterocycles. The van der Waals surface area contributed by atoms with Gasteiger partial charge in [0.15, 0.2) is 0 Å². The molecule has 0 aliphatic carbocycles. The van der Waals surface area contributed by atoms with Gasteiger partial charge in [0.2, 0.25) is 0 Å². The molecule has 2 aromatic rings. The Morgan fingerprint density at radius 1 is 1.05 bits per heavy atom. The third-order valence-corrected chi connectivity index (χ3v) is 5.84. The number of hydrogen-bond donors (Lipinski definition) is 1. The van der Waals surface area contributed by atoms with E-state index in [1.165, 1.54) is 37.1 Å². The van der Waals surface area contributed by atoms with Crippen LogP contribution in [0, 0.1) is 27.7 Å². The van der Waals surface area contributed by atoms with E-state index < -0.39 is 0 Å². The Morgan fingerprint density at radius 2 is 1.79 bits per heavy atom. The van der Waals surface area contributed by atoms with Gasteiger partial charge in [0.25, 0.3) is 0 Å². The molecule has 0 saturated carbocycles. The minimum absolute atomic E-state index is 0.371. The minimum atomic E-state index is 0.371. The second-order valence-corrected chi connectivity index (χ2v) is 7.76. The number of thiophene rings is 2. The van der Waals surface area contributed by atoms with Gasteiger partial charge in [-0.05, 0) is 63.9 Å². The van der Waals surface area contributed by atoms with Crippen LogP contribution in [-0.2, 0) is 0 Å². The summed E-state index contributed by atoms with van der Waals surface area (Å²) in [4.78, 5) is 5.77. The lowest BCUT2D eigenvalue weighted by molar-refractivity contribution is 0.611. The van der Waals surface area contributed by atoms with Gasteiger partial charge in [0.1, 0.15) is 0 Å². The van der Waals surface area contributed by atoms with Gasteiger partial charge in [-0.15, -0.1) is 22.7 Å². The van der Waals surface area contributed by atoms with E-state index in [0.717, 1.165) is 6.54 Å². The highest BCUT2D eigenvalue weighted by molar-refractivity contribution is 7.13.